The van der Waals surface area contributed by atoms with E-state index in [0.29, 0.717) is 11.5 Å². The van der Waals surface area contributed by atoms with Crippen molar-refractivity contribution < 1.29 is 14.0 Å². The van der Waals surface area contributed by atoms with Crippen LogP contribution in [0.1, 0.15) is 31.1 Å². The molecule has 1 aromatic heterocycles. The Kier molecular flexibility index (Phi) is 4.01. The van der Waals surface area contributed by atoms with E-state index in [1.807, 2.05) is 20.8 Å². The third-order valence-corrected chi connectivity index (χ3v) is 2.46. The van der Waals surface area contributed by atoms with Crippen LogP contribution in [0, 0.1) is 4.84 Å². The zero-order valence-corrected chi connectivity index (χ0v) is 12.2. The number of H-pyrrole nitrogens is 1. The summed E-state index contributed by atoms with van der Waals surface area (Å²) in [5.41, 5.74) is 3.17. The van der Waals surface area contributed by atoms with E-state index in [9.17, 15) is 4.79 Å². The van der Waals surface area contributed by atoms with Crippen molar-refractivity contribution in [3.05, 3.63) is 34.7 Å². The summed E-state index contributed by atoms with van der Waals surface area (Å²) in [5, 5.41) is 6.45. The van der Waals surface area contributed by atoms with Crippen molar-refractivity contribution in [3.63, 3.8) is 0 Å². The first-order valence-corrected chi connectivity index (χ1v) is 6.40. The summed E-state index contributed by atoms with van der Waals surface area (Å²) in [5.74, 6) is 0.0716. The number of aromatic amines is 1. The van der Waals surface area contributed by atoms with Crippen molar-refractivity contribution in [2.24, 2.45) is 0 Å². The number of carbonyl (C=O) groups excluding carboxylic acids is 1. The molecule has 6 nitrogen and oxygen atoms in total. The fourth-order valence-electron chi connectivity index (χ4n) is 1.38. The van der Waals surface area contributed by atoms with E-state index >= 15 is 0 Å². The van der Waals surface area contributed by atoms with E-state index in [4.69, 9.17) is 21.5 Å². The molecule has 20 heavy (non-hydrogen) atoms. The first-order chi connectivity index (χ1) is 9.35. The smallest absolute Gasteiger partial charge is 0.284 e. The number of aromatic nitrogens is 2. The molecular weight excluding hydrogens is 278 g/mol. The van der Waals surface area contributed by atoms with Crippen LogP contribution in [0.4, 0.5) is 0 Å². The third kappa shape index (κ3) is 3.75. The molecule has 0 fully saturated rings. The lowest BCUT2D eigenvalue weighted by Crippen LogP contribution is -2.33. The number of nitrogens with one attached hydrogen (secondary N) is 2. The molecular formula is C13H15N3O3S. The van der Waals surface area contributed by atoms with E-state index in [1.165, 1.54) is 0 Å². The summed E-state index contributed by atoms with van der Waals surface area (Å²) in [6.45, 7) is 5.55. The Balaban J connectivity index is 2.08. The number of hydrogen-bond acceptors (Lipinski definition) is 5. The number of nitrogens with zero attached hydrogens (tertiary/aromatic N) is 1. The molecule has 0 aliphatic carbocycles. The molecule has 1 aromatic carbocycles. The topological polar surface area (TPSA) is 80.1 Å². The number of carbonyl (C=O) groups is 1. The average molecular weight is 293 g/mol. The molecule has 2 N–H and O–H groups in total. The van der Waals surface area contributed by atoms with Gasteiger partial charge >= 0.3 is 0 Å². The molecule has 0 spiro atoms. The first-order valence-electron chi connectivity index (χ1n) is 5.99. The first kappa shape index (κ1) is 14.4. The minimum Gasteiger partial charge on any atom is -0.409 e. The zero-order valence-electron chi connectivity index (χ0n) is 11.4. The Morgan fingerprint density at radius 1 is 1.35 bits per heavy atom. The highest BCUT2D eigenvalue weighted by atomic mass is 32.1. The molecule has 1 amide bonds. The van der Waals surface area contributed by atoms with Gasteiger partial charge in [-0.1, -0.05) is 0 Å². The van der Waals surface area contributed by atoms with Crippen LogP contribution in [-0.2, 0) is 4.84 Å². The minimum atomic E-state index is -0.441. The molecule has 2 aromatic rings. The fourth-order valence-corrected chi connectivity index (χ4v) is 1.50. The largest absolute Gasteiger partial charge is 0.409 e. The molecule has 106 valence electrons. The molecule has 0 radical (unpaired) electrons. The van der Waals surface area contributed by atoms with Crippen LogP contribution in [0.15, 0.2) is 28.7 Å². The highest BCUT2D eigenvalue weighted by Crippen LogP contribution is 2.17. The second-order valence-electron chi connectivity index (χ2n) is 5.14. The van der Waals surface area contributed by atoms with Gasteiger partial charge in [0.25, 0.3) is 10.7 Å². The molecule has 0 bridgehead atoms. The van der Waals surface area contributed by atoms with Crippen LogP contribution in [-0.4, -0.2) is 21.7 Å². The van der Waals surface area contributed by atoms with Crippen LogP contribution in [0.3, 0.4) is 0 Å². The standard InChI is InChI=1S/C13H15N3O3S/c1-13(2,3)19-16-10(17)8-4-6-9(7-5-8)11-14-15-12(20)18-11/h4-7H,1-3H3,(H,15,20)(H,16,17). The van der Waals surface area contributed by atoms with E-state index in [2.05, 4.69) is 15.7 Å². The number of hydroxylamine groups is 1. The second-order valence-corrected chi connectivity index (χ2v) is 5.51. The molecule has 7 heteroatoms. The van der Waals surface area contributed by atoms with Gasteiger partial charge < -0.3 is 4.42 Å². The Labute approximate surface area is 121 Å². The summed E-state index contributed by atoms with van der Waals surface area (Å²) in [6, 6.07) is 6.76. The minimum absolute atomic E-state index is 0.209. The van der Waals surface area contributed by atoms with E-state index in [0.717, 1.165) is 5.56 Å². The number of rotatable bonds is 3. The van der Waals surface area contributed by atoms with Gasteiger partial charge in [0.15, 0.2) is 0 Å². The quantitative estimate of drug-likeness (QED) is 0.672. The number of amides is 1. The van der Waals surface area contributed by atoms with Gasteiger partial charge in [0.1, 0.15) is 0 Å². The van der Waals surface area contributed by atoms with Gasteiger partial charge in [-0.25, -0.2) is 10.6 Å². The van der Waals surface area contributed by atoms with E-state index in [-0.39, 0.29) is 10.7 Å². The predicted octanol–water partition coefficient (Wildman–Crippen LogP) is 2.86. The van der Waals surface area contributed by atoms with Crippen LogP contribution in [0.5, 0.6) is 0 Å². The zero-order chi connectivity index (χ0) is 14.8. The maximum Gasteiger partial charge on any atom is 0.284 e. The molecule has 0 aliphatic rings. The van der Waals surface area contributed by atoms with Gasteiger partial charge in [-0.15, -0.1) is 5.10 Å². The Hall–Kier alpha value is -1.99. The average Bonchev–Trinajstić information content (AvgIpc) is 2.82. The maximum absolute atomic E-state index is 11.8. The van der Waals surface area contributed by atoms with Crippen molar-refractivity contribution >= 4 is 18.1 Å². The van der Waals surface area contributed by atoms with Crippen molar-refractivity contribution in [2.75, 3.05) is 0 Å². The van der Waals surface area contributed by atoms with Crippen molar-refractivity contribution in [2.45, 2.75) is 26.4 Å². The van der Waals surface area contributed by atoms with Gasteiger partial charge in [0, 0.05) is 11.1 Å². The van der Waals surface area contributed by atoms with Crippen molar-refractivity contribution in [3.8, 4) is 11.5 Å². The molecule has 0 atom stereocenters. The monoisotopic (exact) mass is 293 g/mol. The lowest BCUT2D eigenvalue weighted by molar-refractivity contribution is -0.0589. The maximum atomic E-state index is 11.8. The normalized spacial score (nSPS) is 11.3. The molecule has 0 saturated heterocycles. The lowest BCUT2D eigenvalue weighted by Gasteiger charge is -2.18. The lowest BCUT2D eigenvalue weighted by atomic mass is 10.1. The van der Waals surface area contributed by atoms with Gasteiger partial charge in [-0.2, -0.15) is 0 Å². The van der Waals surface area contributed by atoms with Gasteiger partial charge in [0.05, 0.1) is 5.60 Å². The second kappa shape index (κ2) is 5.56. The molecule has 1 heterocycles. The molecule has 2 rings (SSSR count). The van der Waals surface area contributed by atoms with Gasteiger partial charge in [-0.3, -0.25) is 9.63 Å². The van der Waals surface area contributed by atoms with Crippen LogP contribution >= 0.6 is 12.2 Å². The highest BCUT2D eigenvalue weighted by Gasteiger charge is 2.14. The highest BCUT2D eigenvalue weighted by molar-refractivity contribution is 7.71. The molecule has 0 unspecified atom stereocenters. The van der Waals surface area contributed by atoms with Crippen molar-refractivity contribution in [1.29, 1.82) is 0 Å². The Morgan fingerprint density at radius 3 is 2.50 bits per heavy atom. The Bertz CT molecular complexity index is 652. The Morgan fingerprint density at radius 2 is 2.00 bits per heavy atom. The summed E-state index contributed by atoms with van der Waals surface area (Å²) in [4.78, 5) is 17.3. The third-order valence-electron chi connectivity index (χ3n) is 2.28. The van der Waals surface area contributed by atoms with Crippen LogP contribution in [0.2, 0.25) is 0 Å². The van der Waals surface area contributed by atoms with Gasteiger partial charge in [-0.05, 0) is 57.3 Å². The van der Waals surface area contributed by atoms with Crippen molar-refractivity contribution in [1.82, 2.24) is 15.7 Å². The summed E-state index contributed by atoms with van der Waals surface area (Å²) >= 11 is 4.80. The van der Waals surface area contributed by atoms with Crippen LogP contribution < -0.4 is 5.48 Å². The SMILES string of the molecule is CC(C)(C)ONC(=O)c1ccc(-c2n[nH]c(=S)o2)cc1. The molecule has 0 aliphatic heterocycles. The van der Waals surface area contributed by atoms with E-state index < -0.39 is 5.60 Å². The van der Waals surface area contributed by atoms with E-state index in [1.54, 1.807) is 24.3 Å². The predicted molar refractivity (Wildman–Crippen MR) is 75.4 cm³/mol. The molecule has 0 saturated carbocycles. The number of benzene rings is 1. The summed E-state index contributed by atoms with van der Waals surface area (Å²) in [7, 11) is 0. The fraction of sp³-hybridized carbons (Fsp3) is 0.308. The summed E-state index contributed by atoms with van der Waals surface area (Å²) < 4.78 is 5.18. The van der Waals surface area contributed by atoms with Crippen LogP contribution in [0.25, 0.3) is 11.5 Å². The van der Waals surface area contributed by atoms with Gasteiger partial charge in [0.2, 0.25) is 5.89 Å². The number of hydrogen-bond donors (Lipinski definition) is 2. The summed E-state index contributed by atoms with van der Waals surface area (Å²) in [6.07, 6.45) is 0.